The molecule has 0 aliphatic heterocycles. The molecule has 0 aliphatic rings. The number of hydrogen-bond acceptors (Lipinski definition) is 2. The molecule has 1 rings (SSSR count). The van der Waals surface area contributed by atoms with E-state index in [-0.39, 0.29) is 11.5 Å². The highest BCUT2D eigenvalue weighted by atomic mass is 19.1. The number of aliphatic hydroxyl groups is 1. The molecule has 1 aromatic rings. The van der Waals surface area contributed by atoms with Gasteiger partial charge in [-0.3, -0.25) is 0 Å². The van der Waals surface area contributed by atoms with Gasteiger partial charge in [-0.05, 0) is 18.2 Å². The van der Waals surface area contributed by atoms with Gasteiger partial charge >= 0.3 is 0 Å². The molecule has 0 aliphatic carbocycles. The van der Waals surface area contributed by atoms with Gasteiger partial charge in [0.15, 0.2) is 11.6 Å². The Morgan fingerprint density at radius 2 is 2.25 bits per heavy atom. The summed E-state index contributed by atoms with van der Waals surface area (Å²) in [6.07, 6.45) is 0. The molecule has 0 saturated heterocycles. The van der Waals surface area contributed by atoms with E-state index in [2.05, 4.69) is 6.58 Å². The molecule has 0 amide bonds. The second-order valence-electron chi connectivity index (χ2n) is 2.30. The number of rotatable bonds is 2. The molecular formula is C9H9FO2. The Hall–Kier alpha value is -1.51. The molecule has 0 radical (unpaired) electrons. The fourth-order valence-electron chi connectivity index (χ4n) is 0.846. The van der Waals surface area contributed by atoms with Gasteiger partial charge in [0.2, 0.25) is 0 Å². The van der Waals surface area contributed by atoms with Crippen LogP contribution in [0.3, 0.4) is 0 Å². The number of ether oxygens (including phenoxy) is 1. The van der Waals surface area contributed by atoms with E-state index in [0.29, 0.717) is 5.56 Å². The molecule has 0 unspecified atom stereocenters. The van der Waals surface area contributed by atoms with Crippen molar-refractivity contribution in [3.8, 4) is 5.75 Å². The molecule has 1 N–H and O–H groups in total. The van der Waals surface area contributed by atoms with E-state index in [9.17, 15) is 4.39 Å². The summed E-state index contributed by atoms with van der Waals surface area (Å²) in [6.45, 7) is 3.27. The first-order valence-electron chi connectivity index (χ1n) is 3.37. The van der Waals surface area contributed by atoms with Gasteiger partial charge in [0, 0.05) is 5.56 Å². The number of benzene rings is 1. The first kappa shape index (κ1) is 8.59. The molecule has 0 bridgehead atoms. The molecule has 3 heteroatoms. The van der Waals surface area contributed by atoms with Crippen molar-refractivity contribution in [1.82, 2.24) is 0 Å². The maximum Gasteiger partial charge on any atom is 0.165 e. The van der Waals surface area contributed by atoms with Crippen molar-refractivity contribution >= 4 is 5.76 Å². The van der Waals surface area contributed by atoms with Crippen molar-refractivity contribution in [2.24, 2.45) is 0 Å². The highest BCUT2D eigenvalue weighted by Gasteiger charge is 2.03. The Kier molecular flexibility index (Phi) is 2.33. The molecule has 2 nitrogen and oxygen atoms in total. The molecular weight excluding hydrogens is 159 g/mol. The minimum absolute atomic E-state index is 0.153. The third kappa shape index (κ3) is 1.56. The molecule has 0 fully saturated rings. The van der Waals surface area contributed by atoms with Crippen LogP contribution in [0.4, 0.5) is 4.39 Å². The van der Waals surface area contributed by atoms with Gasteiger partial charge in [-0.25, -0.2) is 4.39 Å². The largest absolute Gasteiger partial charge is 0.508 e. The normalized spacial score (nSPS) is 9.50. The van der Waals surface area contributed by atoms with E-state index in [1.165, 1.54) is 25.3 Å². The Morgan fingerprint density at radius 3 is 2.67 bits per heavy atom. The standard InChI is InChI=1S/C9H9FO2/c1-6(11)7-3-4-9(12-2)8(10)5-7/h3-5,11H,1H2,2H3. The van der Waals surface area contributed by atoms with E-state index in [0.717, 1.165) is 0 Å². The summed E-state index contributed by atoms with van der Waals surface area (Å²) in [5, 5.41) is 8.91. The smallest absolute Gasteiger partial charge is 0.165 e. The summed E-state index contributed by atoms with van der Waals surface area (Å²) >= 11 is 0. The van der Waals surface area contributed by atoms with Crippen molar-refractivity contribution in [3.63, 3.8) is 0 Å². The third-order valence-electron chi connectivity index (χ3n) is 1.49. The Balaban J connectivity index is 3.10. The summed E-state index contributed by atoms with van der Waals surface area (Å²) < 4.78 is 17.6. The summed E-state index contributed by atoms with van der Waals surface area (Å²) in [5.74, 6) is -0.512. The summed E-state index contributed by atoms with van der Waals surface area (Å²) in [6, 6.07) is 4.14. The van der Waals surface area contributed by atoms with Crippen LogP contribution in [0.5, 0.6) is 5.75 Å². The maximum absolute atomic E-state index is 12.9. The number of methoxy groups -OCH3 is 1. The SMILES string of the molecule is C=C(O)c1ccc(OC)c(F)c1. The van der Waals surface area contributed by atoms with Crippen molar-refractivity contribution < 1.29 is 14.2 Å². The quantitative estimate of drug-likeness (QED) is 0.687. The number of halogens is 1. The fraction of sp³-hybridized carbons (Fsp3) is 0.111. The summed E-state index contributed by atoms with van der Waals surface area (Å²) in [4.78, 5) is 0. The van der Waals surface area contributed by atoms with Crippen LogP contribution in [0.15, 0.2) is 24.8 Å². The van der Waals surface area contributed by atoms with E-state index in [1.807, 2.05) is 0 Å². The lowest BCUT2D eigenvalue weighted by atomic mass is 10.2. The predicted molar refractivity (Wildman–Crippen MR) is 44.6 cm³/mol. The van der Waals surface area contributed by atoms with Crippen LogP contribution in [-0.4, -0.2) is 12.2 Å². The van der Waals surface area contributed by atoms with Crippen LogP contribution in [-0.2, 0) is 0 Å². The van der Waals surface area contributed by atoms with Crippen LogP contribution >= 0.6 is 0 Å². The predicted octanol–water partition coefficient (Wildman–Crippen LogP) is 2.36. The Morgan fingerprint density at radius 1 is 1.58 bits per heavy atom. The highest BCUT2D eigenvalue weighted by Crippen LogP contribution is 2.20. The Labute approximate surface area is 69.9 Å². The average molecular weight is 168 g/mol. The van der Waals surface area contributed by atoms with Gasteiger partial charge in [0.05, 0.1) is 7.11 Å². The molecule has 12 heavy (non-hydrogen) atoms. The lowest BCUT2D eigenvalue weighted by molar-refractivity contribution is 0.386. The summed E-state index contributed by atoms with van der Waals surface area (Å²) in [7, 11) is 1.38. The second kappa shape index (κ2) is 3.26. The molecule has 0 saturated carbocycles. The molecule has 0 atom stereocenters. The van der Waals surface area contributed by atoms with Gasteiger partial charge in [0.1, 0.15) is 5.76 Å². The summed E-state index contributed by atoms with van der Waals surface area (Å²) in [5.41, 5.74) is 0.355. The van der Waals surface area contributed by atoms with Crippen molar-refractivity contribution in [3.05, 3.63) is 36.2 Å². The van der Waals surface area contributed by atoms with Crippen molar-refractivity contribution in [1.29, 1.82) is 0 Å². The monoisotopic (exact) mass is 168 g/mol. The number of aliphatic hydroxyl groups excluding tert-OH is 1. The first-order valence-corrected chi connectivity index (χ1v) is 3.37. The zero-order valence-corrected chi connectivity index (χ0v) is 6.67. The van der Waals surface area contributed by atoms with Crippen LogP contribution in [0.25, 0.3) is 5.76 Å². The van der Waals surface area contributed by atoms with Crippen LogP contribution in [0.2, 0.25) is 0 Å². The zero-order valence-electron chi connectivity index (χ0n) is 6.67. The lowest BCUT2D eigenvalue weighted by Gasteiger charge is -2.03. The van der Waals surface area contributed by atoms with Crippen LogP contribution in [0, 0.1) is 5.82 Å². The first-order chi connectivity index (χ1) is 5.65. The van der Waals surface area contributed by atoms with E-state index < -0.39 is 5.82 Å². The lowest BCUT2D eigenvalue weighted by Crippen LogP contribution is -1.89. The topological polar surface area (TPSA) is 29.5 Å². The van der Waals surface area contributed by atoms with Gasteiger partial charge < -0.3 is 9.84 Å². The van der Waals surface area contributed by atoms with Crippen LogP contribution < -0.4 is 4.74 Å². The number of hydrogen-bond donors (Lipinski definition) is 1. The molecule has 64 valence electrons. The third-order valence-corrected chi connectivity index (χ3v) is 1.49. The Bertz CT molecular complexity index is 307. The van der Waals surface area contributed by atoms with E-state index in [1.54, 1.807) is 0 Å². The fourth-order valence-corrected chi connectivity index (χ4v) is 0.846. The van der Waals surface area contributed by atoms with Crippen molar-refractivity contribution in [2.45, 2.75) is 0 Å². The van der Waals surface area contributed by atoms with Crippen molar-refractivity contribution in [2.75, 3.05) is 7.11 Å². The van der Waals surface area contributed by atoms with Crippen LogP contribution in [0.1, 0.15) is 5.56 Å². The van der Waals surface area contributed by atoms with Gasteiger partial charge in [-0.2, -0.15) is 0 Å². The average Bonchev–Trinajstić information content (AvgIpc) is 2.04. The molecule has 1 aromatic carbocycles. The van der Waals surface area contributed by atoms with E-state index >= 15 is 0 Å². The van der Waals surface area contributed by atoms with E-state index in [4.69, 9.17) is 9.84 Å². The van der Waals surface area contributed by atoms with Gasteiger partial charge in [-0.15, -0.1) is 0 Å². The molecule has 0 aromatic heterocycles. The minimum Gasteiger partial charge on any atom is -0.508 e. The second-order valence-corrected chi connectivity index (χ2v) is 2.30. The molecule has 0 spiro atoms. The maximum atomic E-state index is 12.9. The molecule has 0 heterocycles. The zero-order chi connectivity index (χ0) is 9.14. The highest BCUT2D eigenvalue weighted by molar-refractivity contribution is 5.56. The van der Waals surface area contributed by atoms with Gasteiger partial charge in [-0.1, -0.05) is 6.58 Å². The van der Waals surface area contributed by atoms with Gasteiger partial charge in [0.25, 0.3) is 0 Å². The minimum atomic E-state index is -0.509.